The monoisotopic (exact) mass is 242 g/mol. The molecule has 3 rings (SSSR count). The lowest BCUT2D eigenvalue weighted by Crippen LogP contribution is -2.40. The van der Waals surface area contributed by atoms with Crippen LogP contribution in [0.15, 0.2) is 30.5 Å². The van der Waals surface area contributed by atoms with Crippen molar-refractivity contribution in [3.8, 4) is 0 Å². The van der Waals surface area contributed by atoms with Crippen molar-refractivity contribution >= 4 is 22.3 Å². The molecule has 1 fully saturated rings. The molecule has 1 aliphatic heterocycles. The number of pyridine rings is 1. The third-order valence-corrected chi connectivity index (χ3v) is 3.61. The summed E-state index contributed by atoms with van der Waals surface area (Å²) >= 11 is 0. The molecule has 0 atom stereocenters. The summed E-state index contributed by atoms with van der Waals surface area (Å²) in [4.78, 5) is 6.84. The Hall–Kier alpha value is -1.81. The van der Waals surface area contributed by atoms with E-state index < -0.39 is 0 Å². The van der Waals surface area contributed by atoms with Crippen molar-refractivity contribution in [3.05, 3.63) is 30.5 Å². The van der Waals surface area contributed by atoms with Gasteiger partial charge in [0.1, 0.15) is 5.82 Å². The van der Waals surface area contributed by atoms with Crippen LogP contribution >= 0.6 is 0 Å². The van der Waals surface area contributed by atoms with E-state index in [1.807, 2.05) is 30.5 Å². The molecule has 4 heteroatoms. The number of rotatable bonds is 1. The van der Waals surface area contributed by atoms with Gasteiger partial charge in [-0.15, -0.1) is 0 Å². The van der Waals surface area contributed by atoms with Crippen LogP contribution < -0.4 is 16.4 Å². The number of anilines is 2. The lowest BCUT2D eigenvalue weighted by Gasteiger charge is -2.31. The molecule has 0 amide bonds. The first kappa shape index (κ1) is 11.3. The van der Waals surface area contributed by atoms with Crippen LogP contribution in [-0.2, 0) is 0 Å². The molecular weight excluding hydrogens is 224 g/mol. The second-order valence-corrected chi connectivity index (χ2v) is 4.94. The number of aromatic nitrogens is 1. The fourth-order valence-electron chi connectivity index (χ4n) is 2.53. The molecule has 2 aromatic rings. The van der Waals surface area contributed by atoms with Crippen molar-refractivity contribution < 1.29 is 0 Å². The van der Waals surface area contributed by atoms with Crippen LogP contribution in [0.2, 0.25) is 0 Å². The third-order valence-electron chi connectivity index (χ3n) is 3.61. The van der Waals surface area contributed by atoms with E-state index in [9.17, 15) is 0 Å². The van der Waals surface area contributed by atoms with Crippen LogP contribution in [0.25, 0.3) is 10.8 Å². The molecule has 1 aromatic heterocycles. The van der Waals surface area contributed by atoms with E-state index in [-0.39, 0.29) is 0 Å². The first-order valence-electron chi connectivity index (χ1n) is 6.39. The molecule has 0 bridgehead atoms. The molecule has 2 heterocycles. The van der Waals surface area contributed by atoms with Crippen LogP contribution in [0, 0.1) is 0 Å². The maximum absolute atomic E-state index is 5.94. The number of hydrogen-bond donors (Lipinski definition) is 2. The highest BCUT2D eigenvalue weighted by Gasteiger charge is 2.18. The highest BCUT2D eigenvalue weighted by molar-refractivity contribution is 5.94. The van der Waals surface area contributed by atoms with Gasteiger partial charge in [0.25, 0.3) is 0 Å². The Balaban J connectivity index is 2.03. The maximum atomic E-state index is 5.94. The number of piperidine rings is 1. The molecule has 4 N–H and O–H groups in total. The van der Waals surface area contributed by atoms with E-state index >= 15 is 0 Å². The van der Waals surface area contributed by atoms with Gasteiger partial charge in [-0.25, -0.2) is 4.98 Å². The average Bonchev–Trinajstić information content (AvgIpc) is 2.39. The Kier molecular flexibility index (Phi) is 2.80. The highest BCUT2D eigenvalue weighted by Crippen LogP contribution is 2.28. The molecular formula is C14H18N4. The van der Waals surface area contributed by atoms with Gasteiger partial charge in [-0.1, -0.05) is 6.07 Å². The number of fused-ring (bicyclic) bond motifs is 1. The summed E-state index contributed by atoms with van der Waals surface area (Å²) in [6.45, 7) is 1.95. The van der Waals surface area contributed by atoms with Crippen molar-refractivity contribution in [2.45, 2.75) is 18.9 Å². The fraction of sp³-hybridized carbons (Fsp3) is 0.357. The van der Waals surface area contributed by atoms with E-state index in [0.29, 0.717) is 6.04 Å². The minimum Gasteiger partial charge on any atom is -0.399 e. The van der Waals surface area contributed by atoms with Gasteiger partial charge in [-0.2, -0.15) is 0 Å². The molecule has 94 valence electrons. The maximum Gasteiger partial charge on any atom is 0.136 e. The second kappa shape index (κ2) is 4.46. The third kappa shape index (κ3) is 1.99. The largest absolute Gasteiger partial charge is 0.399 e. The zero-order valence-corrected chi connectivity index (χ0v) is 10.3. The van der Waals surface area contributed by atoms with Crippen molar-refractivity contribution in [1.29, 1.82) is 0 Å². The van der Waals surface area contributed by atoms with Gasteiger partial charge in [0, 0.05) is 36.4 Å². The van der Waals surface area contributed by atoms with Crippen molar-refractivity contribution in [2.75, 3.05) is 23.7 Å². The Morgan fingerprint density at radius 1 is 1.17 bits per heavy atom. The Labute approximate surface area is 107 Å². The minimum absolute atomic E-state index is 0.335. The first-order chi connectivity index (χ1) is 8.74. The first-order valence-corrected chi connectivity index (χ1v) is 6.39. The summed E-state index contributed by atoms with van der Waals surface area (Å²) in [7, 11) is 0. The van der Waals surface area contributed by atoms with Gasteiger partial charge in [-0.3, -0.25) is 0 Å². The predicted molar refractivity (Wildman–Crippen MR) is 75.6 cm³/mol. The molecule has 0 unspecified atom stereocenters. The van der Waals surface area contributed by atoms with Crippen molar-refractivity contribution in [3.63, 3.8) is 0 Å². The Morgan fingerprint density at radius 2 is 1.94 bits per heavy atom. The number of benzene rings is 1. The average molecular weight is 242 g/mol. The molecule has 4 nitrogen and oxygen atoms in total. The summed E-state index contributed by atoms with van der Waals surface area (Å²) in [5, 5.41) is 2.32. The molecule has 1 aromatic carbocycles. The van der Waals surface area contributed by atoms with E-state index in [0.717, 1.165) is 42.8 Å². The lowest BCUT2D eigenvalue weighted by atomic mass is 10.0. The standard InChI is InChI=1S/C14H18N4/c15-11-4-7-18(8-5-11)14-13-9-12(16)2-1-10(13)3-6-17-14/h1-3,6,9,11H,4-5,7-8,15-16H2. The smallest absolute Gasteiger partial charge is 0.136 e. The van der Waals surface area contributed by atoms with Gasteiger partial charge in [0.05, 0.1) is 0 Å². The molecule has 0 saturated carbocycles. The van der Waals surface area contributed by atoms with E-state index in [1.54, 1.807) is 0 Å². The van der Waals surface area contributed by atoms with Gasteiger partial charge >= 0.3 is 0 Å². The summed E-state index contributed by atoms with van der Waals surface area (Å²) in [6, 6.07) is 8.34. The van der Waals surface area contributed by atoms with Crippen LogP contribution in [0.3, 0.4) is 0 Å². The molecule has 1 saturated heterocycles. The van der Waals surface area contributed by atoms with Gasteiger partial charge in [0.15, 0.2) is 0 Å². The van der Waals surface area contributed by atoms with Crippen LogP contribution in [0.1, 0.15) is 12.8 Å². The zero-order valence-electron chi connectivity index (χ0n) is 10.3. The SMILES string of the molecule is Nc1ccc2ccnc(N3CCC(N)CC3)c2c1. The van der Waals surface area contributed by atoms with Crippen molar-refractivity contribution in [1.82, 2.24) is 4.98 Å². The van der Waals surface area contributed by atoms with Crippen LogP contribution in [0.4, 0.5) is 11.5 Å². The van der Waals surface area contributed by atoms with Gasteiger partial charge in [-0.05, 0) is 36.4 Å². The van der Waals surface area contributed by atoms with Crippen LogP contribution in [-0.4, -0.2) is 24.1 Å². The summed E-state index contributed by atoms with van der Waals surface area (Å²) in [5.41, 5.74) is 12.6. The Morgan fingerprint density at radius 3 is 2.72 bits per heavy atom. The summed E-state index contributed by atoms with van der Waals surface area (Å²) < 4.78 is 0. The highest BCUT2D eigenvalue weighted by atomic mass is 15.2. The minimum atomic E-state index is 0.335. The molecule has 18 heavy (non-hydrogen) atoms. The van der Waals surface area contributed by atoms with Crippen molar-refractivity contribution in [2.24, 2.45) is 5.73 Å². The molecule has 0 radical (unpaired) electrons. The number of nitrogen functional groups attached to an aromatic ring is 1. The number of nitrogens with zero attached hydrogens (tertiary/aromatic N) is 2. The van der Waals surface area contributed by atoms with Gasteiger partial charge in [0.2, 0.25) is 0 Å². The zero-order chi connectivity index (χ0) is 12.5. The topological polar surface area (TPSA) is 68.2 Å². The quantitative estimate of drug-likeness (QED) is 0.747. The lowest BCUT2D eigenvalue weighted by molar-refractivity contribution is 0.499. The normalized spacial score (nSPS) is 17.3. The fourth-order valence-corrected chi connectivity index (χ4v) is 2.53. The van der Waals surface area contributed by atoms with Crippen LogP contribution in [0.5, 0.6) is 0 Å². The van der Waals surface area contributed by atoms with Gasteiger partial charge < -0.3 is 16.4 Å². The summed E-state index contributed by atoms with van der Waals surface area (Å²) in [6.07, 6.45) is 3.92. The number of nitrogens with two attached hydrogens (primary N) is 2. The molecule has 1 aliphatic rings. The number of hydrogen-bond acceptors (Lipinski definition) is 4. The Bertz CT molecular complexity index is 559. The second-order valence-electron chi connectivity index (χ2n) is 4.94. The predicted octanol–water partition coefficient (Wildman–Crippen LogP) is 1.74. The van der Waals surface area contributed by atoms with E-state index in [1.165, 1.54) is 5.39 Å². The molecule has 0 spiro atoms. The van der Waals surface area contributed by atoms with E-state index in [2.05, 4.69) is 9.88 Å². The molecule has 0 aliphatic carbocycles. The summed E-state index contributed by atoms with van der Waals surface area (Å²) in [5.74, 6) is 1.03. The van der Waals surface area contributed by atoms with E-state index in [4.69, 9.17) is 11.5 Å².